The van der Waals surface area contributed by atoms with E-state index in [1.165, 1.54) is 9.13 Å². The highest BCUT2D eigenvalue weighted by atomic mass is 35.5. The predicted octanol–water partition coefficient (Wildman–Crippen LogP) is 4.00. The van der Waals surface area contributed by atoms with Gasteiger partial charge in [-0.15, -0.1) is 0 Å². The van der Waals surface area contributed by atoms with E-state index in [4.69, 9.17) is 16.6 Å². The van der Waals surface area contributed by atoms with Gasteiger partial charge in [-0.1, -0.05) is 42.3 Å². The second-order valence-electron chi connectivity index (χ2n) is 9.05. The van der Waals surface area contributed by atoms with E-state index < -0.39 is 0 Å². The lowest BCUT2D eigenvalue weighted by atomic mass is 10.1. The minimum atomic E-state index is -0.366. The van der Waals surface area contributed by atoms with E-state index in [1.807, 2.05) is 60.9 Å². The molecule has 4 aromatic rings. The van der Waals surface area contributed by atoms with Crippen molar-refractivity contribution < 1.29 is 0 Å². The smallest absolute Gasteiger partial charge is 0.312 e. The highest BCUT2D eigenvalue weighted by molar-refractivity contribution is 6.30. The molecule has 0 aliphatic carbocycles. The number of nitrogens with zero attached hydrogens (tertiary/aromatic N) is 5. The van der Waals surface area contributed by atoms with Crippen LogP contribution in [0.25, 0.3) is 11.2 Å². The zero-order valence-electron chi connectivity index (χ0n) is 19.2. The molecule has 0 bridgehead atoms. The molecule has 33 heavy (non-hydrogen) atoms. The monoisotopic (exact) mass is 463 g/mol. The molecule has 0 amide bonds. The van der Waals surface area contributed by atoms with E-state index >= 15 is 0 Å². The van der Waals surface area contributed by atoms with Crippen molar-refractivity contribution in [3.8, 4) is 0 Å². The molecular formula is C25H26ClN5O2. The molecule has 1 aliphatic heterocycles. The number of imidazole rings is 1. The molecule has 0 unspecified atom stereocenters. The van der Waals surface area contributed by atoms with Crippen LogP contribution < -0.4 is 16.1 Å². The first-order chi connectivity index (χ1) is 15.7. The molecule has 1 atom stereocenters. The highest BCUT2D eigenvalue weighted by Crippen LogP contribution is 2.33. The summed E-state index contributed by atoms with van der Waals surface area (Å²) in [5, 5.41) is 0.661. The molecule has 8 heteroatoms. The Morgan fingerprint density at radius 3 is 2.52 bits per heavy atom. The van der Waals surface area contributed by atoms with Gasteiger partial charge in [0.05, 0.1) is 6.54 Å². The van der Waals surface area contributed by atoms with Crippen LogP contribution in [0.5, 0.6) is 0 Å². The third kappa shape index (κ3) is 3.56. The van der Waals surface area contributed by atoms with E-state index in [1.54, 1.807) is 7.05 Å². The number of hydrogen-bond acceptors (Lipinski definition) is 4. The molecule has 0 saturated carbocycles. The summed E-state index contributed by atoms with van der Waals surface area (Å²) < 4.78 is 4.77. The zero-order chi connectivity index (χ0) is 23.4. The molecule has 5 rings (SSSR count). The maximum absolute atomic E-state index is 13.7. The van der Waals surface area contributed by atoms with Crippen LogP contribution in [0.1, 0.15) is 23.6 Å². The topological polar surface area (TPSA) is 65.1 Å². The Kier molecular flexibility index (Phi) is 5.16. The third-order valence-electron chi connectivity index (χ3n) is 6.41. The van der Waals surface area contributed by atoms with Crippen molar-refractivity contribution in [2.45, 2.75) is 33.9 Å². The maximum Gasteiger partial charge on any atom is 0.332 e. The molecule has 7 nitrogen and oxygen atoms in total. The van der Waals surface area contributed by atoms with Gasteiger partial charge >= 0.3 is 5.69 Å². The van der Waals surface area contributed by atoms with E-state index in [0.717, 1.165) is 28.9 Å². The second kappa shape index (κ2) is 7.92. The summed E-state index contributed by atoms with van der Waals surface area (Å²) in [5.74, 6) is 0.955. The molecule has 2 aromatic carbocycles. The number of aryl methyl sites for hydroxylation is 3. The van der Waals surface area contributed by atoms with Gasteiger partial charge in [0.25, 0.3) is 5.56 Å². The van der Waals surface area contributed by atoms with Gasteiger partial charge in [-0.3, -0.25) is 13.9 Å². The van der Waals surface area contributed by atoms with Gasteiger partial charge in [0.1, 0.15) is 0 Å². The summed E-state index contributed by atoms with van der Waals surface area (Å²) in [6.45, 7) is 7.80. The van der Waals surface area contributed by atoms with Crippen LogP contribution >= 0.6 is 11.6 Å². The normalized spacial score (nSPS) is 15.8. The van der Waals surface area contributed by atoms with Gasteiger partial charge < -0.3 is 9.47 Å². The summed E-state index contributed by atoms with van der Waals surface area (Å²) >= 11 is 6.09. The molecular weight excluding hydrogens is 438 g/mol. The van der Waals surface area contributed by atoms with Gasteiger partial charge in [-0.2, -0.15) is 4.98 Å². The van der Waals surface area contributed by atoms with Gasteiger partial charge in [0.2, 0.25) is 5.95 Å². The molecule has 0 saturated heterocycles. The van der Waals surface area contributed by atoms with E-state index in [2.05, 4.69) is 11.8 Å². The van der Waals surface area contributed by atoms with Crippen molar-refractivity contribution >= 4 is 34.4 Å². The molecule has 0 N–H and O–H groups in total. The van der Waals surface area contributed by atoms with E-state index in [0.29, 0.717) is 28.7 Å². The highest BCUT2D eigenvalue weighted by Gasteiger charge is 2.30. The number of fused-ring (bicyclic) bond motifs is 3. The van der Waals surface area contributed by atoms with E-state index in [-0.39, 0.29) is 23.7 Å². The second-order valence-corrected chi connectivity index (χ2v) is 9.49. The molecule has 2 aromatic heterocycles. The molecule has 170 valence electrons. The number of hydrogen-bond donors (Lipinski definition) is 0. The number of rotatable bonds is 3. The van der Waals surface area contributed by atoms with Crippen LogP contribution in [0, 0.1) is 19.8 Å². The molecule has 0 spiro atoms. The zero-order valence-corrected chi connectivity index (χ0v) is 19.9. The average Bonchev–Trinajstić information content (AvgIpc) is 3.17. The Bertz CT molecular complexity index is 1500. The quantitative estimate of drug-likeness (QED) is 0.460. The summed E-state index contributed by atoms with van der Waals surface area (Å²) in [6, 6.07) is 13.7. The van der Waals surface area contributed by atoms with Crippen LogP contribution in [0.2, 0.25) is 5.02 Å². The number of halogens is 1. The van der Waals surface area contributed by atoms with Crippen LogP contribution in [0.4, 0.5) is 11.6 Å². The van der Waals surface area contributed by atoms with Crippen LogP contribution in [0.15, 0.2) is 52.1 Å². The van der Waals surface area contributed by atoms with Crippen molar-refractivity contribution in [3.05, 3.63) is 85.0 Å². The fourth-order valence-corrected chi connectivity index (χ4v) is 4.75. The minimum absolute atomic E-state index is 0.228. The first kappa shape index (κ1) is 21.5. The number of aromatic nitrogens is 4. The first-order valence-electron chi connectivity index (χ1n) is 11.0. The Balaban J connectivity index is 1.72. The Morgan fingerprint density at radius 2 is 1.79 bits per heavy atom. The predicted molar refractivity (Wildman–Crippen MR) is 132 cm³/mol. The van der Waals surface area contributed by atoms with Crippen LogP contribution in [0.3, 0.4) is 0 Å². The molecule has 3 heterocycles. The third-order valence-corrected chi connectivity index (χ3v) is 6.67. The SMILES string of the molecule is Cc1ccc(C)c(Cn2c(=O)c3c(nc4n3C[C@@H](C)CN4c3ccc(Cl)cc3)n(C)c2=O)c1. The van der Waals surface area contributed by atoms with Gasteiger partial charge in [-0.25, -0.2) is 4.79 Å². The summed E-state index contributed by atoms with van der Waals surface area (Å²) in [6.07, 6.45) is 0. The lowest BCUT2D eigenvalue weighted by Gasteiger charge is -2.33. The first-order valence-corrected chi connectivity index (χ1v) is 11.4. The van der Waals surface area contributed by atoms with Crippen LogP contribution in [-0.4, -0.2) is 25.2 Å². The summed E-state index contributed by atoms with van der Waals surface area (Å²) in [5.41, 5.74) is 4.25. The van der Waals surface area contributed by atoms with Crippen molar-refractivity contribution in [2.75, 3.05) is 11.4 Å². The Labute approximate surface area is 196 Å². The fraction of sp³-hybridized carbons (Fsp3) is 0.320. The van der Waals surface area contributed by atoms with E-state index in [9.17, 15) is 9.59 Å². The van der Waals surface area contributed by atoms with Crippen molar-refractivity contribution in [1.82, 2.24) is 18.7 Å². The Morgan fingerprint density at radius 1 is 1.06 bits per heavy atom. The molecule has 1 aliphatic rings. The van der Waals surface area contributed by atoms with Gasteiger partial charge in [0, 0.05) is 30.8 Å². The molecule has 0 radical (unpaired) electrons. The largest absolute Gasteiger partial charge is 0.332 e. The molecule has 0 fully saturated rings. The standard InChI is InChI=1S/C25H26ClN5O2/c1-15-5-6-17(3)18(11-15)14-31-23(32)21-22(28(4)25(31)33)27-24-29(12-16(2)13-30(21)24)20-9-7-19(26)8-10-20/h5-11,16H,12-14H2,1-4H3/t16-/m0/s1. The van der Waals surface area contributed by atoms with Crippen molar-refractivity contribution in [1.29, 1.82) is 0 Å². The minimum Gasteiger partial charge on any atom is -0.312 e. The summed E-state index contributed by atoms with van der Waals surface area (Å²) in [7, 11) is 1.68. The fourth-order valence-electron chi connectivity index (χ4n) is 4.62. The average molecular weight is 464 g/mol. The maximum atomic E-state index is 13.7. The number of benzene rings is 2. The summed E-state index contributed by atoms with van der Waals surface area (Å²) in [4.78, 5) is 33.8. The van der Waals surface area contributed by atoms with Gasteiger partial charge in [0.15, 0.2) is 11.2 Å². The lowest BCUT2D eigenvalue weighted by molar-refractivity contribution is 0.458. The van der Waals surface area contributed by atoms with Crippen molar-refractivity contribution in [3.63, 3.8) is 0 Å². The van der Waals surface area contributed by atoms with Crippen molar-refractivity contribution in [2.24, 2.45) is 13.0 Å². The van der Waals surface area contributed by atoms with Crippen LogP contribution in [-0.2, 0) is 20.1 Å². The number of anilines is 2. The Hall–Kier alpha value is -3.32. The lowest BCUT2D eigenvalue weighted by Crippen LogP contribution is -2.40. The van der Waals surface area contributed by atoms with Gasteiger partial charge in [-0.05, 0) is 55.2 Å².